The van der Waals surface area contributed by atoms with Crippen LogP contribution in [-0.2, 0) is 14.4 Å². The van der Waals surface area contributed by atoms with Gasteiger partial charge in [-0.3, -0.25) is 9.59 Å². The molecule has 8 nitrogen and oxygen atoms in total. The summed E-state index contributed by atoms with van der Waals surface area (Å²) in [6.07, 6.45) is -0.448. The molecule has 140 valence electrons. The van der Waals surface area contributed by atoms with Crippen LogP contribution in [0, 0.1) is 11.8 Å². The summed E-state index contributed by atoms with van der Waals surface area (Å²) in [7, 11) is 0. The Bertz CT molecular complexity index is 437. The van der Waals surface area contributed by atoms with Crippen LogP contribution in [0.4, 0.5) is 0 Å². The number of amides is 2. The molecular formula is C16H31N3O5. The van der Waals surface area contributed by atoms with Crippen LogP contribution in [-0.4, -0.2) is 52.2 Å². The summed E-state index contributed by atoms with van der Waals surface area (Å²) in [5.74, 6) is -2.12. The zero-order valence-electron chi connectivity index (χ0n) is 15.1. The van der Waals surface area contributed by atoms with Gasteiger partial charge in [0.05, 0.1) is 12.1 Å². The Morgan fingerprint density at radius 3 is 1.79 bits per heavy atom. The number of carbonyl (C=O) groups is 3. The highest BCUT2D eigenvalue weighted by atomic mass is 16.4. The molecule has 0 fully saturated rings. The van der Waals surface area contributed by atoms with Gasteiger partial charge < -0.3 is 26.6 Å². The average Bonchev–Trinajstić information content (AvgIpc) is 2.41. The molecular weight excluding hydrogens is 314 g/mol. The molecule has 4 unspecified atom stereocenters. The van der Waals surface area contributed by atoms with Gasteiger partial charge in [0, 0.05) is 0 Å². The van der Waals surface area contributed by atoms with Crippen LogP contribution in [0.15, 0.2) is 0 Å². The van der Waals surface area contributed by atoms with Crippen molar-refractivity contribution in [2.45, 2.75) is 71.7 Å². The minimum Gasteiger partial charge on any atom is -0.480 e. The number of rotatable bonds is 10. The van der Waals surface area contributed by atoms with E-state index in [1.807, 2.05) is 27.7 Å². The van der Waals surface area contributed by atoms with Crippen LogP contribution in [0.2, 0.25) is 0 Å². The van der Waals surface area contributed by atoms with Gasteiger partial charge >= 0.3 is 5.97 Å². The molecule has 6 N–H and O–H groups in total. The highest BCUT2D eigenvalue weighted by Gasteiger charge is 2.30. The Kier molecular flexibility index (Phi) is 9.53. The fourth-order valence-electron chi connectivity index (χ4n) is 2.24. The van der Waals surface area contributed by atoms with Crippen molar-refractivity contribution in [2.75, 3.05) is 0 Å². The molecule has 0 aromatic carbocycles. The number of carbonyl (C=O) groups excluding carboxylic acids is 2. The third-order valence-corrected chi connectivity index (χ3v) is 3.45. The van der Waals surface area contributed by atoms with Gasteiger partial charge in [-0.2, -0.15) is 0 Å². The number of carboxylic acid groups (broad SMARTS) is 1. The number of nitrogens with one attached hydrogen (secondary N) is 2. The molecule has 0 aliphatic rings. The van der Waals surface area contributed by atoms with Crippen LogP contribution >= 0.6 is 0 Å². The van der Waals surface area contributed by atoms with Crippen molar-refractivity contribution >= 4 is 17.8 Å². The van der Waals surface area contributed by atoms with Crippen LogP contribution in [0.25, 0.3) is 0 Å². The molecule has 0 aromatic heterocycles. The average molecular weight is 345 g/mol. The molecule has 0 aliphatic carbocycles. The van der Waals surface area contributed by atoms with E-state index in [4.69, 9.17) is 10.8 Å². The summed E-state index contributed by atoms with van der Waals surface area (Å²) < 4.78 is 0. The second kappa shape index (κ2) is 10.2. The summed E-state index contributed by atoms with van der Waals surface area (Å²) in [6, 6.07) is -3.08. The van der Waals surface area contributed by atoms with E-state index in [-0.39, 0.29) is 11.8 Å². The largest absolute Gasteiger partial charge is 0.480 e. The van der Waals surface area contributed by atoms with Gasteiger partial charge in [-0.15, -0.1) is 0 Å². The highest BCUT2D eigenvalue weighted by molar-refractivity contribution is 5.91. The minimum absolute atomic E-state index is 0.0946. The number of aliphatic hydroxyl groups is 1. The SMILES string of the molecule is CC(C)CC(N)C(=O)NC(CC(C)C)C(=O)NC(C(=O)O)C(C)O. The molecule has 24 heavy (non-hydrogen) atoms. The van der Waals surface area contributed by atoms with E-state index in [9.17, 15) is 19.5 Å². The summed E-state index contributed by atoms with van der Waals surface area (Å²) in [5.41, 5.74) is 5.82. The van der Waals surface area contributed by atoms with E-state index >= 15 is 0 Å². The van der Waals surface area contributed by atoms with Gasteiger partial charge in [-0.25, -0.2) is 4.79 Å². The van der Waals surface area contributed by atoms with Crippen LogP contribution in [0.1, 0.15) is 47.5 Å². The van der Waals surface area contributed by atoms with E-state index in [2.05, 4.69) is 10.6 Å². The minimum atomic E-state index is -1.44. The normalized spacial score (nSPS) is 16.4. The third-order valence-electron chi connectivity index (χ3n) is 3.45. The van der Waals surface area contributed by atoms with E-state index in [1.165, 1.54) is 6.92 Å². The lowest BCUT2D eigenvalue weighted by Crippen LogP contribution is -2.56. The summed E-state index contributed by atoms with van der Waals surface area (Å²) >= 11 is 0. The van der Waals surface area contributed by atoms with Crippen LogP contribution in [0.3, 0.4) is 0 Å². The molecule has 0 aromatic rings. The quantitative estimate of drug-likeness (QED) is 0.372. The fourth-order valence-corrected chi connectivity index (χ4v) is 2.24. The standard InChI is InChI=1S/C16H31N3O5/c1-8(2)6-11(17)14(21)18-12(7-9(3)4)15(22)19-13(10(5)20)16(23)24/h8-13,20H,6-7,17H2,1-5H3,(H,18,21)(H,19,22)(H,23,24). The second-order valence-corrected chi connectivity index (χ2v) is 6.99. The summed E-state index contributed by atoms with van der Waals surface area (Å²) in [6.45, 7) is 8.90. The Labute approximate surface area is 143 Å². The smallest absolute Gasteiger partial charge is 0.328 e. The van der Waals surface area contributed by atoms with Gasteiger partial charge in [-0.05, 0) is 31.6 Å². The van der Waals surface area contributed by atoms with Gasteiger partial charge in [0.15, 0.2) is 6.04 Å². The van der Waals surface area contributed by atoms with Crippen molar-refractivity contribution in [1.82, 2.24) is 10.6 Å². The monoisotopic (exact) mass is 345 g/mol. The molecule has 0 rings (SSSR count). The van der Waals surface area contributed by atoms with E-state index in [1.54, 1.807) is 0 Å². The number of carboxylic acids is 1. The summed E-state index contributed by atoms with van der Waals surface area (Å²) in [5, 5.41) is 23.4. The fraction of sp³-hybridized carbons (Fsp3) is 0.812. The molecule has 0 aliphatic heterocycles. The van der Waals surface area contributed by atoms with Crippen molar-refractivity contribution in [3.63, 3.8) is 0 Å². The Morgan fingerprint density at radius 1 is 0.917 bits per heavy atom. The van der Waals surface area contributed by atoms with Gasteiger partial charge in [0.1, 0.15) is 6.04 Å². The first-order chi connectivity index (χ1) is 11.0. The van der Waals surface area contributed by atoms with Crippen molar-refractivity contribution in [3.05, 3.63) is 0 Å². The maximum Gasteiger partial charge on any atom is 0.328 e. The maximum atomic E-state index is 12.3. The Hall–Kier alpha value is -1.67. The molecule has 0 heterocycles. The Balaban J connectivity index is 5.01. The molecule has 4 atom stereocenters. The lowest BCUT2D eigenvalue weighted by Gasteiger charge is -2.25. The third kappa shape index (κ3) is 8.26. The van der Waals surface area contributed by atoms with E-state index in [0.29, 0.717) is 12.8 Å². The van der Waals surface area contributed by atoms with Crippen molar-refractivity contribution in [1.29, 1.82) is 0 Å². The number of hydrogen-bond acceptors (Lipinski definition) is 5. The molecule has 2 amide bonds. The lowest BCUT2D eigenvalue weighted by atomic mass is 10.00. The predicted octanol–water partition coefficient (Wildman–Crippen LogP) is -0.159. The van der Waals surface area contributed by atoms with Crippen LogP contribution in [0.5, 0.6) is 0 Å². The molecule has 0 saturated heterocycles. The van der Waals surface area contributed by atoms with E-state index in [0.717, 1.165) is 0 Å². The zero-order chi connectivity index (χ0) is 19.0. The molecule has 0 bridgehead atoms. The number of aliphatic hydroxyl groups excluding tert-OH is 1. The predicted molar refractivity (Wildman–Crippen MR) is 90.1 cm³/mol. The second-order valence-electron chi connectivity index (χ2n) is 6.99. The number of aliphatic carboxylic acids is 1. The van der Waals surface area contributed by atoms with Gasteiger partial charge in [0.25, 0.3) is 0 Å². The molecule has 0 radical (unpaired) electrons. The number of nitrogens with two attached hydrogens (primary N) is 1. The highest BCUT2D eigenvalue weighted by Crippen LogP contribution is 2.08. The first-order valence-corrected chi connectivity index (χ1v) is 8.22. The molecule has 8 heteroatoms. The first-order valence-electron chi connectivity index (χ1n) is 8.22. The Morgan fingerprint density at radius 2 is 1.42 bits per heavy atom. The topological polar surface area (TPSA) is 142 Å². The van der Waals surface area contributed by atoms with Crippen LogP contribution < -0.4 is 16.4 Å². The van der Waals surface area contributed by atoms with Crippen molar-refractivity contribution < 1.29 is 24.6 Å². The lowest BCUT2D eigenvalue weighted by molar-refractivity contribution is -0.145. The maximum absolute atomic E-state index is 12.3. The van der Waals surface area contributed by atoms with Crippen molar-refractivity contribution in [3.8, 4) is 0 Å². The van der Waals surface area contributed by atoms with Gasteiger partial charge in [-0.1, -0.05) is 27.7 Å². The zero-order valence-corrected chi connectivity index (χ0v) is 15.1. The van der Waals surface area contributed by atoms with E-state index < -0.39 is 42.0 Å². The molecule has 0 saturated carbocycles. The van der Waals surface area contributed by atoms with Crippen molar-refractivity contribution in [2.24, 2.45) is 17.6 Å². The first kappa shape index (κ1) is 22.3. The summed E-state index contributed by atoms with van der Waals surface area (Å²) in [4.78, 5) is 35.6. The molecule has 0 spiro atoms. The van der Waals surface area contributed by atoms with Gasteiger partial charge in [0.2, 0.25) is 11.8 Å². The number of hydrogen-bond donors (Lipinski definition) is 5.